The third-order valence-corrected chi connectivity index (χ3v) is 6.53. The van der Waals surface area contributed by atoms with Crippen molar-refractivity contribution >= 4 is 22.8 Å². The molecular formula is C23H26N4O2. The molecule has 1 unspecified atom stereocenters. The Bertz CT molecular complexity index is 1090. The highest BCUT2D eigenvalue weighted by Crippen LogP contribution is 2.41. The molecule has 1 saturated carbocycles. The minimum Gasteiger partial charge on any atom is -0.442 e. The Kier molecular flexibility index (Phi) is 3.95. The van der Waals surface area contributed by atoms with E-state index in [1.165, 1.54) is 11.9 Å². The van der Waals surface area contributed by atoms with Crippen LogP contribution in [-0.4, -0.2) is 39.4 Å². The van der Waals surface area contributed by atoms with Crippen molar-refractivity contribution in [1.82, 2.24) is 14.9 Å². The van der Waals surface area contributed by atoms with Crippen LogP contribution in [0, 0.1) is 6.92 Å². The van der Waals surface area contributed by atoms with Gasteiger partial charge < -0.3 is 14.6 Å². The van der Waals surface area contributed by atoms with E-state index in [4.69, 9.17) is 4.42 Å². The zero-order valence-electron chi connectivity index (χ0n) is 17.2. The number of benzene rings is 1. The lowest BCUT2D eigenvalue weighted by Crippen LogP contribution is -2.33. The van der Waals surface area contributed by atoms with E-state index in [0.29, 0.717) is 34.8 Å². The molecule has 0 bridgehead atoms. The van der Waals surface area contributed by atoms with E-state index in [0.717, 1.165) is 25.8 Å². The second kappa shape index (κ2) is 6.31. The molecule has 2 fully saturated rings. The summed E-state index contributed by atoms with van der Waals surface area (Å²) in [5, 5.41) is 4.20. The molecular weight excluding hydrogens is 364 g/mol. The molecule has 3 aromatic rings. The molecule has 0 radical (unpaired) electrons. The zero-order valence-corrected chi connectivity index (χ0v) is 17.2. The van der Waals surface area contributed by atoms with Gasteiger partial charge >= 0.3 is 0 Å². The Hall–Kier alpha value is -2.89. The van der Waals surface area contributed by atoms with Gasteiger partial charge in [0.25, 0.3) is 5.91 Å². The topological polar surface area (TPSA) is 71.3 Å². The molecule has 1 aliphatic carbocycles. The fourth-order valence-electron chi connectivity index (χ4n) is 4.36. The maximum atomic E-state index is 13.6. The van der Waals surface area contributed by atoms with Gasteiger partial charge in [0.15, 0.2) is 0 Å². The summed E-state index contributed by atoms with van der Waals surface area (Å²) in [5.74, 6) is 1.29. The van der Waals surface area contributed by atoms with Gasteiger partial charge in [0.05, 0.1) is 10.9 Å². The van der Waals surface area contributed by atoms with Crippen LogP contribution in [0.4, 0.5) is 5.82 Å². The average molecular weight is 390 g/mol. The van der Waals surface area contributed by atoms with Crippen molar-refractivity contribution in [1.29, 1.82) is 0 Å². The quantitative estimate of drug-likeness (QED) is 0.719. The lowest BCUT2D eigenvalue weighted by molar-refractivity contribution is 0.0784. The lowest BCUT2D eigenvalue weighted by Gasteiger charge is -2.25. The van der Waals surface area contributed by atoms with Crippen LogP contribution in [0.3, 0.4) is 0 Å². The highest BCUT2D eigenvalue weighted by Gasteiger charge is 2.41. The summed E-state index contributed by atoms with van der Waals surface area (Å²) in [6, 6.07) is 10.5. The highest BCUT2D eigenvalue weighted by molar-refractivity contribution is 6.10. The van der Waals surface area contributed by atoms with E-state index in [1.54, 1.807) is 0 Å². The van der Waals surface area contributed by atoms with E-state index in [1.807, 2.05) is 17.9 Å². The smallest absolute Gasteiger partial charge is 0.258 e. The molecule has 1 aliphatic heterocycles. The molecule has 1 N–H and O–H groups in total. The number of anilines is 1. The van der Waals surface area contributed by atoms with Crippen LogP contribution in [0.25, 0.3) is 11.1 Å². The van der Waals surface area contributed by atoms with Crippen LogP contribution >= 0.6 is 0 Å². The first kappa shape index (κ1) is 18.2. The number of amides is 1. The third kappa shape index (κ3) is 3.07. The SMILES string of the molecule is Cc1oc2ncnc(NC3(C)CC3)c2c1C(=O)N1CCC(C)(c2ccccc2)C1. The van der Waals surface area contributed by atoms with Gasteiger partial charge in [0.2, 0.25) is 5.71 Å². The molecule has 2 aliphatic rings. The summed E-state index contributed by atoms with van der Waals surface area (Å²) in [6.07, 6.45) is 4.63. The summed E-state index contributed by atoms with van der Waals surface area (Å²) < 4.78 is 5.85. The van der Waals surface area contributed by atoms with E-state index < -0.39 is 0 Å². The normalized spacial score (nSPS) is 22.8. The van der Waals surface area contributed by atoms with Crippen molar-refractivity contribution < 1.29 is 9.21 Å². The van der Waals surface area contributed by atoms with Gasteiger partial charge in [-0.15, -0.1) is 0 Å². The van der Waals surface area contributed by atoms with Crippen molar-refractivity contribution in [3.8, 4) is 0 Å². The molecule has 5 rings (SSSR count). The molecule has 29 heavy (non-hydrogen) atoms. The summed E-state index contributed by atoms with van der Waals surface area (Å²) in [5.41, 5.74) is 2.34. The van der Waals surface area contributed by atoms with E-state index in [9.17, 15) is 4.79 Å². The number of likely N-dealkylation sites (tertiary alicyclic amines) is 1. The van der Waals surface area contributed by atoms with Crippen molar-refractivity contribution in [3.05, 3.63) is 53.5 Å². The number of carbonyl (C=O) groups is 1. The molecule has 1 amide bonds. The van der Waals surface area contributed by atoms with Gasteiger partial charge in [-0.1, -0.05) is 37.3 Å². The monoisotopic (exact) mass is 390 g/mol. The number of hydrogen-bond acceptors (Lipinski definition) is 5. The molecule has 3 heterocycles. The maximum Gasteiger partial charge on any atom is 0.258 e. The number of rotatable bonds is 4. The minimum absolute atomic E-state index is 0.000272. The van der Waals surface area contributed by atoms with Crippen LogP contribution in [0.1, 0.15) is 54.8 Å². The lowest BCUT2D eigenvalue weighted by atomic mass is 9.82. The predicted octanol–water partition coefficient (Wildman–Crippen LogP) is 4.30. The molecule has 6 heteroatoms. The first-order valence-electron chi connectivity index (χ1n) is 10.3. The zero-order chi connectivity index (χ0) is 20.2. The molecule has 1 aromatic carbocycles. The molecule has 2 aromatic heterocycles. The number of hydrogen-bond donors (Lipinski definition) is 1. The second-order valence-electron chi connectivity index (χ2n) is 9.02. The Morgan fingerprint density at radius 2 is 1.90 bits per heavy atom. The van der Waals surface area contributed by atoms with Gasteiger partial charge in [0, 0.05) is 24.0 Å². The Morgan fingerprint density at radius 1 is 1.14 bits per heavy atom. The van der Waals surface area contributed by atoms with Gasteiger partial charge in [-0.05, 0) is 38.7 Å². The molecule has 1 saturated heterocycles. The average Bonchev–Trinajstić information content (AvgIpc) is 3.14. The minimum atomic E-state index is -0.0383. The van der Waals surface area contributed by atoms with Crippen molar-refractivity contribution in [2.75, 3.05) is 18.4 Å². The number of furan rings is 1. The number of aromatic nitrogens is 2. The van der Waals surface area contributed by atoms with E-state index in [-0.39, 0.29) is 16.9 Å². The van der Waals surface area contributed by atoms with Crippen LogP contribution in [0.15, 0.2) is 41.1 Å². The van der Waals surface area contributed by atoms with Crippen molar-refractivity contribution in [3.63, 3.8) is 0 Å². The van der Waals surface area contributed by atoms with Gasteiger partial charge in [-0.2, -0.15) is 0 Å². The highest BCUT2D eigenvalue weighted by atomic mass is 16.3. The first-order valence-corrected chi connectivity index (χ1v) is 10.3. The number of nitrogens with zero attached hydrogens (tertiary/aromatic N) is 3. The van der Waals surface area contributed by atoms with Crippen LogP contribution in [0.2, 0.25) is 0 Å². The van der Waals surface area contributed by atoms with Crippen LogP contribution in [0.5, 0.6) is 0 Å². The molecule has 1 atom stereocenters. The van der Waals surface area contributed by atoms with Crippen LogP contribution in [-0.2, 0) is 5.41 Å². The summed E-state index contributed by atoms with van der Waals surface area (Å²) in [4.78, 5) is 24.2. The van der Waals surface area contributed by atoms with E-state index in [2.05, 4.69) is 53.4 Å². The number of carbonyl (C=O) groups excluding carboxylic acids is 1. The number of nitrogens with one attached hydrogen (secondary N) is 1. The summed E-state index contributed by atoms with van der Waals surface area (Å²) >= 11 is 0. The Balaban J connectivity index is 1.49. The molecule has 150 valence electrons. The molecule has 0 spiro atoms. The fourth-order valence-corrected chi connectivity index (χ4v) is 4.36. The first-order chi connectivity index (χ1) is 13.9. The molecule has 6 nitrogen and oxygen atoms in total. The van der Waals surface area contributed by atoms with E-state index >= 15 is 0 Å². The van der Waals surface area contributed by atoms with Crippen molar-refractivity contribution in [2.24, 2.45) is 0 Å². The second-order valence-corrected chi connectivity index (χ2v) is 9.02. The Morgan fingerprint density at radius 3 is 2.62 bits per heavy atom. The van der Waals surface area contributed by atoms with Crippen molar-refractivity contribution in [2.45, 2.75) is 51.0 Å². The standard InChI is InChI=1S/C23H26N4O2/c1-15-17(18-19(26-23(3)9-10-23)24-14-25-20(18)29-15)21(28)27-12-11-22(2,13-27)16-7-5-4-6-8-16/h4-8,14H,9-13H2,1-3H3,(H,24,25,26). The number of fused-ring (bicyclic) bond motifs is 1. The predicted molar refractivity (Wildman–Crippen MR) is 112 cm³/mol. The maximum absolute atomic E-state index is 13.6. The van der Waals surface area contributed by atoms with Gasteiger partial charge in [-0.3, -0.25) is 4.79 Å². The summed E-state index contributed by atoms with van der Waals surface area (Å²) in [6.45, 7) is 7.66. The number of aryl methyl sites for hydroxylation is 1. The Labute approximate surface area is 170 Å². The summed E-state index contributed by atoms with van der Waals surface area (Å²) in [7, 11) is 0. The van der Waals surface area contributed by atoms with Gasteiger partial charge in [-0.25, -0.2) is 9.97 Å². The fraction of sp³-hybridized carbons (Fsp3) is 0.435. The van der Waals surface area contributed by atoms with Gasteiger partial charge in [0.1, 0.15) is 17.9 Å². The third-order valence-electron chi connectivity index (χ3n) is 6.53. The van der Waals surface area contributed by atoms with Crippen LogP contribution < -0.4 is 5.32 Å². The largest absolute Gasteiger partial charge is 0.442 e.